The fraction of sp³-hybridized carbons (Fsp3) is 0.455. The van der Waals surface area contributed by atoms with Crippen LogP contribution in [0.4, 0.5) is 0 Å². The SMILES string of the molecule is CCC(N)CCNC(=O)c1ccccn1. The van der Waals surface area contributed by atoms with Crippen LogP contribution in [0.2, 0.25) is 0 Å². The van der Waals surface area contributed by atoms with E-state index in [0.29, 0.717) is 12.2 Å². The maximum Gasteiger partial charge on any atom is 0.269 e. The predicted molar refractivity (Wildman–Crippen MR) is 59.5 cm³/mol. The van der Waals surface area contributed by atoms with E-state index in [0.717, 1.165) is 12.8 Å². The zero-order chi connectivity index (χ0) is 11.1. The molecule has 0 saturated carbocycles. The number of pyridine rings is 1. The first kappa shape index (κ1) is 11.7. The van der Waals surface area contributed by atoms with Gasteiger partial charge in [0.25, 0.3) is 5.91 Å². The van der Waals surface area contributed by atoms with Crippen molar-refractivity contribution in [1.82, 2.24) is 10.3 Å². The Morgan fingerprint density at radius 2 is 2.40 bits per heavy atom. The minimum Gasteiger partial charge on any atom is -0.351 e. The van der Waals surface area contributed by atoms with Crippen LogP contribution < -0.4 is 11.1 Å². The third-order valence-electron chi connectivity index (χ3n) is 2.22. The second-order valence-electron chi connectivity index (χ2n) is 3.43. The van der Waals surface area contributed by atoms with Gasteiger partial charge in [-0.2, -0.15) is 0 Å². The quantitative estimate of drug-likeness (QED) is 0.755. The minimum absolute atomic E-state index is 0.140. The molecule has 0 aliphatic rings. The molecule has 82 valence electrons. The summed E-state index contributed by atoms with van der Waals surface area (Å²) in [6, 6.07) is 5.42. The number of nitrogens with two attached hydrogens (primary N) is 1. The Morgan fingerprint density at radius 3 is 3.00 bits per heavy atom. The van der Waals surface area contributed by atoms with Crippen LogP contribution in [0.5, 0.6) is 0 Å². The number of nitrogens with zero attached hydrogens (tertiary/aromatic N) is 1. The molecule has 1 unspecified atom stereocenters. The molecule has 0 aromatic carbocycles. The molecule has 0 spiro atoms. The van der Waals surface area contributed by atoms with Crippen molar-refractivity contribution in [3.63, 3.8) is 0 Å². The van der Waals surface area contributed by atoms with Crippen LogP contribution >= 0.6 is 0 Å². The first-order chi connectivity index (χ1) is 7.24. The van der Waals surface area contributed by atoms with Crippen molar-refractivity contribution in [2.24, 2.45) is 5.73 Å². The Kier molecular flexibility index (Phi) is 4.77. The molecule has 1 amide bonds. The standard InChI is InChI=1S/C11H17N3O/c1-2-9(12)6-8-14-11(15)10-5-3-4-7-13-10/h3-5,7,9H,2,6,8,12H2,1H3,(H,14,15). The molecule has 1 aromatic heterocycles. The molecule has 1 atom stereocenters. The van der Waals surface area contributed by atoms with Gasteiger partial charge >= 0.3 is 0 Å². The van der Waals surface area contributed by atoms with Crippen molar-refractivity contribution in [2.45, 2.75) is 25.8 Å². The molecule has 0 aliphatic carbocycles. The lowest BCUT2D eigenvalue weighted by Crippen LogP contribution is -2.30. The molecule has 3 N–H and O–H groups in total. The maximum atomic E-state index is 11.5. The predicted octanol–water partition coefficient (Wildman–Crippen LogP) is 0.939. The summed E-state index contributed by atoms with van der Waals surface area (Å²) >= 11 is 0. The smallest absolute Gasteiger partial charge is 0.269 e. The topological polar surface area (TPSA) is 68.0 Å². The van der Waals surface area contributed by atoms with Gasteiger partial charge in [0.2, 0.25) is 0 Å². The fourth-order valence-electron chi connectivity index (χ4n) is 1.16. The van der Waals surface area contributed by atoms with E-state index in [-0.39, 0.29) is 11.9 Å². The van der Waals surface area contributed by atoms with Crippen molar-refractivity contribution >= 4 is 5.91 Å². The van der Waals surface area contributed by atoms with E-state index in [4.69, 9.17) is 5.73 Å². The molecular formula is C11H17N3O. The molecule has 15 heavy (non-hydrogen) atoms. The third kappa shape index (κ3) is 4.08. The molecular weight excluding hydrogens is 190 g/mol. The Labute approximate surface area is 89.9 Å². The first-order valence-electron chi connectivity index (χ1n) is 5.19. The molecule has 0 fully saturated rings. The molecule has 1 aromatic rings. The lowest BCUT2D eigenvalue weighted by molar-refractivity contribution is 0.0947. The van der Waals surface area contributed by atoms with Crippen LogP contribution in [0.1, 0.15) is 30.3 Å². The molecule has 1 heterocycles. The van der Waals surface area contributed by atoms with Gasteiger partial charge in [-0.15, -0.1) is 0 Å². The van der Waals surface area contributed by atoms with Crippen LogP contribution in [0.3, 0.4) is 0 Å². The van der Waals surface area contributed by atoms with Gasteiger partial charge in [0, 0.05) is 18.8 Å². The zero-order valence-corrected chi connectivity index (χ0v) is 8.94. The van der Waals surface area contributed by atoms with Crippen molar-refractivity contribution in [1.29, 1.82) is 0 Å². The van der Waals surface area contributed by atoms with Crippen molar-refractivity contribution in [3.05, 3.63) is 30.1 Å². The van der Waals surface area contributed by atoms with E-state index >= 15 is 0 Å². The lowest BCUT2D eigenvalue weighted by atomic mass is 10.2. The number of carbonyl (C=O) groups is 1. The van der Waals surface area contributed by atoms with Crippen LogP contribution in [0.15, 0.2) is 24.4 Å². The van der Waals surface area contributed by atoms with E-state index in [1.54, 1.807) is 24.4 Å². The molecule has 0 aliphatic heterocycles. The number of amides is 1. The third-order valence-corrected chi connectivity index (χ3v) is 2.22. The summed E-state index contributed by atoms with van der Waals surface area (Å²) in [5, 5.41) is 2.78. The van der Waals surface area contributed by atoms with E-state index in [1.165, 1.54) is 0 Å². The van der Waals surface area contributed by atoms with E-state index in [2.05, 4.69) is 10.3 Å². The van der Waals surface area contributed by atoms with Gasteiger partial charge in [-0.1, -0.05) is 13.0 Å². The average Bonchev–Trinajstić information content (AvgIpc) is 2.29. The molecule has 4 nitrogen and oxygen atoms in total. The van der Waals surface area contributed by atoms with Crippen LogP contribution in [-0.2, 0) is 0 Å². The number of hydrogen-bond acceptors (Lipinski definition) is 3. The largest absolute Gasteiger partial charge is 0.351 e. The number of aromatic nitrogens is 1. The normalized spacial score (nSPS) is 12.1. The van der Waals surface area contributed by atoms with E-state index in [1.807, 2.05) is 6.92 Å². The van der Waals surface area contributed by atoms with Crippen molar-refractivity contribution < 1.29 is 4.79 Å². The molecule has 0 bridgehead atoms. The van der Waals surface area contributed by atoms with Crippen LogP contribution in [-0.4, -0.2) is 23.5 Å². The lowest BCUT2D eigenvalue weighted by Gasteiger charge is -2.08. The summed E-state index contributed by atoms with van der Waals surface area (Å²) in [5.74, 6) is -0.140. The van der Waals surface area contributed by atoms with Crippen LogP contribution in [0.25, 0.3) is 0 Å². The zero-order valence-electron chi connectivity index (χ0n) is 8.94. The maximum absolute atomic E-state index is 11.5. The summed E-state index contributed by atoms with van der Waals surface area (Å²) in [6.45, 7) is 2.63. The minimum atomic E-state index is -0.140. The highest BCUT2D eigenvalue weighted by atomic mass is 16.1. The molecule has 0 saturated heterocycles. The van der Waals surface area contributed by atoms with Crippen molar-refractivity contribution in [3.8, 4) is 0 Å². The molecule has 0 radical (unpaired) electrons. The fourth-order valence-corrected chi connectivity index (χ4v) is 1.16. The summed E-state index contributed by atoms with van der Waals surface area (Å²) in [5.41, 5.74) is 6.18. The van der Waals surface area contributed by atoms with Crippen molar-refractivity contribution in [2.75, 3.05) is 6.54 Å². The Morgan fingerprint density at radius 1 is 1.60 bits per heavy atom. The number of carbonyl (C=O) groups excluding carboxylic acids is 1. The number of rotatable bonds is 5. The summed E-state index contributed by atoms with van der Waals surface area (Å²) in [7, 11) is 0. The van der Waals surface area contributed by atoms with E-state index < -0.39 is 0 Å². The molecule has 4 heteroatoms. The monoisotopic (exact) mass is 207 g/mol. The van der Waals surface area contributed by atoms with E-state index in [9.17, 15) is 4.79 Å². The summed E-state index contributed by atoms with van der Waals surface area (Å²) in [6.07, 6.45) is 3.33. The van der Waals surface area contributed by atoms with Gasteiger partial charge in [0.05, 0.1) is 0 Å². The Balaban J connectivity index is 2.31. The number of hydrogen-bond donors (Lipinski definition) is 2. The first-order valence-corrected chi connectivity index (χ1v) is 5.19. The van der Waals surface area contributed by atoms with Gasteiger partial charge in [-0.25, -0.2) is 0 Å². The average molecular weight is 207 g/mol. The Bertz CT molecular complexity index is 300. The highest BCUT2D eigenvalue weighted by Gasteiger charge is 2.05. The highest BCUT2D eigenvalue weighted by Crippen LogP contribution is 1.94. The van der Waals surface area contributed by atoms with Crippen LogP contribution in [0, 0.1) is 0 Å². The second kappa shape index (κ2) is 6.14. The summed E-state index contributed by atoms with van der Waals surface area (Å²) in [4.78, 5) is 15.5. The van der Waals surface area contributed by atoms with Gasteiger partial charge in [0.15, 0.2) is 0 Å². The second-order valence-corrected chi connectivity index (χ2v) is 3.43. The van der Waals surface area contributed by atoms with Gasteiger partial charge < -0.3 is 11.1 Å². The summed E-state index contributed by atoms with van der Waals surface area (Å²) < 4.78 is 0. The number of nitrogens with one attached hydrogen (secondary N) is 1. The molecule has 1 rings (SSSR count). The van der Waals surface area contributed by atoms with Gasteiger partial charge in [-0.05, 0) is 25.0 Å². The highest BCUT2D eigenvalue weighted by molar-refractivity contribution is 5.92. The van der Waals surface area contributed by atoms with Gasteiger partial charge in [-0.3, -0.25) is 9.78 Å². The Hall–Kier alpha value is -1.42. The van der Waals surface area contributed by atoms with Gasteiger partial charge in [0.1, 0.15) is 5.69 Å².